The van der Waals surface area contributed by atoms with Crippen molar-refractivity contribution >= 4 is 76.8 Å². The van der Waals surface area contributed by atoms with Gasteiger partial charge in [0, 0.05) is 13.1 Å². The average molecular weight is 627 g/mol. The number of halogens is 4. The summed E-state index contributed by atoms with van der Waals surface area (Å²) >= 11 is 28.4. The molecule has 0 aliphatic carbocycles. The summed E-state index contributed by atoms with van der Waals surface area (Å²) in [6.07, 6.45) is 1.23. The molecular formula is C28H27Cl4N3O3S. The molecule has 0 saturated carbocycles. The van der Waals surface area contributed by atoms with Crippen molar-refractivity contribution in [1.29, 1.82) is 0 Å². The summed E-state index contributed by atoms with van der Waals surface area (Å²) < 4.78 is 0. The van der Waals surface area contributed by atoms with Crippen molar-refractivity contribution in [1.82, 2.24) is 16.0 Å². The Balaban J connectivity index is 1.62. The summed E-state index contributed by atoms with van der Waals surface area (Å²) in [6.45, 7) is 0.433. The van der Waals surface area contributed by atoms with Crippen molar-refractivity contribution in [2.24, 2.45) is 0 Å². The van der Waals surface area contributed by atoms with Crippen molar-refractivity contribution < 1.29 is 14.4 Å². The Morgan fingerprint density at radius 3 is 1.59 bits per heavy atom. The summed E-state index contributed by atoms with van der Waals surface area (Å²) in [5.41, 5.74) is 2.62. The van der Waals surface area contributed by atoms with Crippen LogP contribution in [0.5, 0.6) is 0 Å². The van der Waals surface area contributed by atoms with Crippen LogP contribution in [0.2, 0.25) is 20.1 Å². The van der Waals surface area contributed by atoms with Gasteiger partial charge in [0.1, 0.15) is 0 Å². The molecule has 0 aliphatic heterocycles. The van der Waals surface area contributed by atoms with Crippen LogP contribution in [0.3, 0.4) is 0 Å². The normalized spacial score (nSPS) is 11.6. The van der Waals surface area contributed by atoms with Crippen molar-refractivity contribution in [3.63, 3.8) is 0 Å². The molecule has 3 rings (SSSR count). The molecule has 0 radical (unpaired) electrons. The second kappa shape index (κ2) is 15.4. The van der Waals surface area contributed by atoms with Gasteiger partial charge in [-0.3, -0.25) is 14.4 Å². The minimum Gasteiger partial charge on any atom is -0.354 e. The van der Waals surface area contributed by atoms with Crippen molar-refractivity contribution in [3.05, 3.63) is 104 Å². The van der Waals surface area contributed by atoms with Gasteiger partial charge in [-0.05, 0) is 60.2 Å². The van der Waals surface area contributed by atoms with E-state index in [2.05, 4.69) is 28.6 Å². The molecule has 0 aromatic heterocycles. The Bertz CT molecular complexity index is 1240. The van der Waals surface area contributed by atoms with Crippen LogP contribution in [0.4, 0.5) is 0 Å². The smallest absolute Gasteiger partial charge is 0.252 e. The quantitative estimate of drug-likeness (QED) is 0.162. The second-order valence-corrected chi connectivity index (χ2v) is 11.0. The highest BCUT2D eigenvalue weighted by atomic mass is 35.5. The minimum atomic E-state index is -1.45. The largest absolute Gasteiger partial charge is 0.354 e. The van der Waals surface area contributed by atoms with Gasteiger partial charge in [-0.15, -0.1) is 0 Å². The van der Waals surface area contributed by atoms with E-state index >= 15 is 0 Å². The number of thiol groups is 1. The van der Waals surface area contributed by atoms with Gasteiger partial charge in [0.15, 0.2) is 6.04 Å². The van der Waals surface area contributed by atoms with Crippen LogP contribution in [0, 0.1) is 0 Å². The zero-order valence-electron chi connectivity index (χ0n) is 20.7. The van der Waals surface area contributed by atoms with Gasteiger partial charge < -0.3 is 16.0 Å². The molecule has 6 nitrogen and oxygen atoms in total. The van der Waals surface area contributed by atoms with E-state index in [1.807, 2.05) is 30.3 Å². The third kappa shape index (κ3) is 9.92. The van der Waals surface area contributed by atoms with Crippen LogP contribution in [-0.2, 0) is 33.6 Å². The lowest BCUT2D eigenvalue weighted by Gasteiger charge is -2.20. The van der Waals surface area contributed by atoms with Gasteiger partial charge >= 0.3 is 0 Å². The molecule has 11 heteroatoms. The first-order valence-electron chi connectivity index (χ1n) is 12.1. The fraction of sp³-hybridized carbons (Fsp3) is 0.250. The molecule has 1 atom stereocenters. The minimum absolute atomic E-state index is 0.216. The van der Waals surface area contributed by atoms with Gasteiger partial charge in [-0.2, -0.15) is 12.6 Å². The van der Waals surface area contributed by atoms with E-state index in [1.165, 1.54) is 0 Å². The first-order valence-corrected chi connectivity index (χ1v) is 14.1. The van der Waals surface area contributed by atoms with Gasteiger partial charge in [0.05, 0.1) is 25.3 Å². The number of carbonyl (C=O) groups excluding carboxylic acids is 3. The number of rotatable bonds is 12. The predicted octanol–water partition coefficient (Wildman–Crippen LogP) is 5.34. The molecule has 0 saturated heterocycles. The van der Waals surface area contributed by atoms with E-state index in [1.54, 1.807) is 36.4 Å². The number of hydrogen-bond acceptors (Lipinski definition) is 4. The van der Waals surface area contributed by atoms with Gasteiger partial charge in [0.2, 0.25) is 5.91 Å². The molecule has 206 valence electrons. The summed E-state index contributed by atoms with van der Waals surface area (Å²) in [6, 6.07) is 18.2. The van der Waals surface area contributed by atoms with Gasteiger partial charge in [-0.1, -0.05) is 88.9 Å². The van der Waals surface area contributed by atoms with Gasteiger partial charge in [0.25, 0.3) is 11.8 Å². The molecule has 0 bridgehead atoms. The fourth-order valence-electron chi connectivity index (χ4n) is 3.67. The zero-order valence-corrected chi connectivity index (χ0v) is 24.6. The number of benzene rings is 3. The van der Waals surface area contributed by atoms with Crippen molar-refractivity contribution in [3.8, 4) is 0 Å². The molecule has 1 unspecified atom stereocenters. The topological polar surface area (TPSA) is 87.3 Å². The van der Waals surface area contributed by atoms with Crippen LogP contribution in [0.25, 0.3) is 0 Å². The van der Waals surface area contributed by atoms with Crippen LogP contribution < -0.4 is 16.0 Å². The summed E-state index contributed by atoms with van der Waals surface area (Å²) in [7, 11) is 0. The Kier molecular flexibility index (Phi) is 12.3. The Morgan fingerprint density at radius 2 is 1.13 bits per heavy atom. The van der Waals surface area contributed by atoms with Crippen LogP contribution in [0.15, 0.2) is 66.7 Å². The standard InChI is InChI=1S/C28H27Cl4N3O3S/c29-20-8-6-18(14-22(20)31)10-12-33-27(37)25(35-26(36)24(39)16-17-4-2-1-3-5-17)28(38)34-13-11-19-7-9-21(30)23(32)15-19/h1-9,14-15,24-25,39H,10-13,16H2,(H,33,37)(H,34,38)(H,35,36). The molecule has 0 aliphatic rings. The third-order valence-electron chi connectivity index (χ3n) is 5.78. The lowest BCUT2D eigenvalue weighted by Crippen LogP contribution is -2.57. The highest BCUT2D eigenvalue weighted by Gasteiger charge is 2.30. The lowest BCUT2D eigenvalue weighted by molar-refractivity contribution is -0.136. The van der Waals surface area contributed by atoms with Gasteiger partial charge in [-0.25, -0.2) is 0 Å². The molecule has 0 heterocycles. The van der Waals surface area contributed by atoms with Crippen LogP contribution in [-0.4, -0.2) is 42.1 Å². The molecule has 3 amide bonds. The fourth-order valence-corrected chi connectivity index (χ4v) is 4.60. The Hall–Kier alpha value is -2.42. The van der Waals surface area contributed by atoms with Crippen LogP contribution >= 0.6 is 59.0 Å². The third-order valence-corrected chi connectivity index (χ3v) is 7.67. The Labute approximate surface area is 253 Å². The van der Waals surface area contributed by atoms with Crippen LogP contribution in [0.1, 0.15) is 16.7 Å². The molecule has 0 fully saturated rings. The number of hydrogen-bond donors (Lipinski definition) is 4. The van der Waals surface area contributed by atoms with E-state index in [-0.39, 0.29) is 13.1 Å². The monoisotopic (exact) mass is 625 g/mol. The zero-order chi connectivity index (χ0) is 28.4. The molecule has 0 spiro atoms. The van der Waals surface area contributed by atoms with Crippen molar-refractivity contribution in [2.75, 3.05) is 13.1 Å². The molecule has 39 heavy (non-hydrogen) atoms. The first-order chi connectivity index (χ1) is 18.6. The summed E-state index contributed by atoms with van der Waals surface area (Å²) in [5, 5.41) is 8.90. The first kappa shape index (κ1) is 31.1. The van der Waals surface area contributed by atoms with Crippen molar-refractivity contribution in [2.45, 2.75) is 30.6 Å². The average Bonchev–Trinajstić information content (AvgIpc) is 2.91. The van der Waals surface area contributed by atoms with E-state index in [4.69, 9.17) is 46.4 Å². The molecule has 3 N–H and O–H groups in total. The SMILES string of the molecule is O=C(NC(C(=O)NCCc1ccc(Cl)c(Cl)c1)C(=O)NCCc1ccc(Cl)c(Cl)c1)C(S)Cc1ccccc1. The lowest BCUT2D eigenvalue weighted by atomic mass is 10.1. The number of nitrogens with one attached hydrogen (secondary N) is 3. The van der Waals surface area contributed by atoms with E-state index in [9.17, 15) is 14.4 Å². The highest BCUT2D eigenvalue weighted by Crippen LogP contribution is 2.23. The number of amides is 3. The number of carbonyl (C=O) groups is 3. The second-order valence-electron chi connectivity index (χ2n) is 8.73. The predicted molar refractivity (Wildman–Crippen MR) is 161 cm³/mol. The molecule has 3 aromatic rings. The maximum Gasteiger partial charge on any atom is 0.252 e. The maximum atomic E-state index is 13.0. The molecular weight excluding hydrogens is 600 g/mol. The highest BCUT2D eigenvalue weighted by molar-refractivity contribution is 7.81. The Morgan fingerprint density at radius 1 is 0.641 bits per heavy atom. The molecule has 3 aromatic carbocycles. The maximum absolute atomic E-state index is 13.0. The summed E-state index contributed by atoms with van der Waals surface area (Å²) in [4.78, 5) is 39.0. The van der Waals surface area contributed by atoms with E-state index in [0.29, 0.717) is 39.4 Å². The summed E-state index contributed by atoms with van der Waals surface area (Å²) in [5.74, 6) is -1.82. The van der Waals surface area contributed by atoms with E-state index < -0.39 is 29.0 Å². The van der Waals surface area contributed by atoms with E-state index in [0.717, 1.165) is 16.7 Å².